The largest absolute Gasteiger partial charge is 0.377 e. The Balaban J connectivity index is 2.18. The van der Waals surface area contributed by atoms with E-state index in [0.717, 1.165) is 24.9 Å². The maximum absolute atomic E-state index is 6.20. The van der Waals surface area contributed by atoms with Crippen LogP contribution in [0.15, 0.2) is 42.5 Å². The molecular weight excluding hydrogens is 380 g/mol. The summed E-state index contributed by atoms with van der Waals surface area (Å²) in [6.07, 6.45) is 0. The number of hydrogen-bond donors (Lipinski definition) is 1. The van der Waals surface area contributed by atoms with Gasteiger partial charge in [-0.3, -0.25) is 0 Å². The van der Waals surface area contributed by atoms with E-state index in [4.69, 9.17) is 23.2 Å². The highest BCUT2D eigenvalue weighted by Gasteiger charge is 2.08. The fourth-order valence-corrected chi connectivity index (χ4v) is 2.81. The number of rotatable bonds is 3. The fraction of sp³-hybridized carbons (Fsp3) is 0.143. The topological polar surface area (TPSA) is 12.0 Å². The van der Waals surface area contributed by atoms with Crippen LogP contribution in [0, 0.1) is 3.57 Å². The molecule has 0 bridgehead atoms. The summed E-state index contributed by atoms with van der Waals surface area (Å²) in [4.78, 5) is 0. The Morgan fingerprint density at radius 1 is 1.11 bits per heavy atom. The molecule has 18 heavy (non-hydrogen) atoms. The Morgan fingerprint density at radius 3 is 2.56 bits per heavy atom. The second-order valence-corrected chi connectivity index (χ2v) is 6.13. The van der Waals surface area contributed by atoms with Gasteiger partial charge in [-0.05, 0) is 65.4 Å². The molecular formula is C14H12Cl2IN. The van der Waals surface area contributed by atoms with Crippen molar-refractivity contribution in [3.8, 4) is 0 Å². The van der Waals surface area contributed by atoms with Crippen molar-refractivity contribution in [2.45, 2.75) is 13.0 Å². The van der Waals surface area contributed by atoms with Crippen molar-refractivity contribution < 1.29 is 0 Å². The quantitative estimate of drug-likeness (QED) is 0.654. The van der Waals surface area contributed by atoms with E-state index in [-0.39, 0.29) is 6.04 Å². The van der Waals surface area contributed by atoms with Crippen molar-refractivity contribution in [1.82, 2.24) is 0 Å². The third-order valence-electron chi connectivity index (χ3n) is 2.65. The average molecular weight is 392 g/mol. The zero-order chi connectivity index (χ0) is 13.1. The Bertz CT molecular complexity index is 557. The number of hydrogen-bond acceptors (Lipinski definition) is 1. The molecule has 0 saturated heterocycles. The summed E-state index contributed by atoms with van der Waals surface area (Å²) in [6.45, 7) is 2.08. The van der Waals surface area contributed by atoms with Gasteiger partial charge in [0.2, 0.25) is 0 Å². The van der Waals surface area contributed by atoms with Gasteiger partial charge in [-0.1, -0.05) is 35.3 Å². The number of benzene rings is 2. The Kier molecular flexibility index (Phi) is 4.76. The smallest absolute Gasteiger partial charge is 0.0648 e. The first-order valence-electron chi connectivity index (χ1n) is 5.53. The molecule has 0 saturated carbocycles. The number of halogens is 3. The minimum absolute atomic E-state index is 0.154. The van der Waals surface area contributed by atoms with E-state index in [1.54, 1.807) is 0 Å². The molecule has 0 aliphatic rings. The van der Waals surface area contributed by atoms with Gasteiger partial charge in [0.05, 0.1) is 10.7 Å². The monoisotopic (exact) mass is 391 g/mol. The van der Waals surface area contributed by atoms with Crippen LogP contribution in [0.4, 0.5) is 5.69 Å². The SMILES string of the molecule is CC(Nc1ccc(I)cc1Cl)c1cccc(Cl)c1. The summed E-state index contributed by atoms with van der Waals surface area (Å²) < 4.78 is 1.12. The van der Waals surface area contributed by atoms with E-state index >= 15 is 0 Å². The predicted octanol–water partition coefficient (Wildman–Crippen LogP) is 5.77. The van der Waals surface area contributed by atoms with Crippen molar-refractivity contribution in [3.05, 3.63) is 61.6 Å². The lowest BCUT2D eigenvalue weighted by Gasteiger charge is -2.17. The Hall–Kier alpha value is -0.450. The van der Waals surface area contributed by atoms with E-state index in [1.807, 2.05) is 42.5 Å². The first-order chi connectivity index (χ1) is 8.56. The fourth-order valence-electron chi connectivity index (χ4n) is 1.70. The zero-order valence-corrected chi connectivity index (χ0v) is 13.4. The molecule has 2 rings (SSSR count). The average Bonchev–Trinajstić information content (AvgIpc) is 2.32. The van der Waals surface area contributed by atoms with Crippen LogP contribution in [-0.4, -0.2) is 0 Å². The second kappa shape index (κ2) is 6.13. The maximum Gasteiger partial charge on any atom is 0.0648 e. The lowest BCUT2D eigenvalue weighted by atomic mass is 10.1. The minimum atomic E-state index is 0.154. The van der Waals surface area contributed by atoms with Gasteiger partial charge >= 0.3 is 0 Å². The molecule has 0 heterocycles. The van der Waals surface area contributed by atoms with Gasteiger partial charge in [0, 0.05) is 14.6 Å². The molecule has 94 valence electrons. The molecule has 0 aliphatic carbocycles. The number of anilines is 1. The van der Waals surface area contributed by atoms with Crippen LogP contribution in [0.2, 0.25) is 10.0 Å². The summed E-state index contributed by atoms with van der Waals surface area (Å²) >= 11 is 14.4. The van der Waals surface area contributed by atoms with E-state index in [1.165, 1.54) is 0 Å². The molecule has 0 spiro atoms. The minimum Gasteiger partial charge on any atom is -0.377 e. The Morgan fingerprint density at radius 2 is 1.89 bits per heavy atom. The summed E-state index contributed by atoms with van der Waals surface area (Å²) in [5.74, 6) is 0. The lowest BCUT2D eigenvalue weighted by molar-refractivity contribution is 0.885. The van der Waals surface area contributed by atoms with E-state index in [0.29, 0.717) is 0 Å². The molecule has 0 aromatic heterocycles. The highest BCUT2D eigenvalue weighted by Crippen LogP contribution is 2.28. The van der Waals surface area contributed by atoms with Crippen LogP contribution in [0.3, 0.4) is 0 Å². The third kappa shape index (κ3) is 3.53. The van der Waals surface area contributed by atoms with Crippen LogP contribution in [0.25, 0.3) is 0 Å². The zero-order valence-electron chi connectivity index (χ0n) is 9.75. The van der Waals surface area contributed by atoms with Gasteiger partial charge in [-0.2, -0.15) is 0 Å². The normalized spacial score (nSPS) is 12.2. The van der Waals surface area contributed by atoms with Crippen LogP contribution in [0.5, 0.6) is 0 Å². The molecule has 2 aromatic rings. The van der Waals surface area contributed by atoms with Crippen LogP contribution in [0.1, 0.15) is 18.5 Å². The van der Waals surface area contributed by atoms with Gasteiger partial charge in [0.1, 0.15) is 0 Å². The molecule has 0 fully saturated rings. The maximum atomic E-state index is 6.20. The van der Waals surface area contributed by atoms with Crippen molar-refractivity contribution >= 4 is 51.5 Å². The molecule has 1 N–H and O–H groups in total. The predicted molar refractivity (Wildman–Crippen MR) is 87.7 cm³/mol. The van der Waals surface area contributed by atoms with Crippen LogP contribution >= 0.6 is 45.8 Å². The van der Waals surface area contributed by atoms with E-state index < -0.39 is 0 Å². The van der Waals surface area contributed by atoms with Gasteiger partial charge < -0.3 is 5.32 Å². The highest BCUT2D eigenvalue weighted by atomic mass is 127. The second-order valence-electron chi connectivity index (χ2n) is 4.05. The van der Waals surface area contributed by atoms with Gasteiger partial charge in [-0.25, -0.2) is 0 Å². The van der Waals surface area contributed by atoms with Crippen LogP contribution in [-0.2, 0) is 0 Å². The molecule has 1 atom stereocenters. The van der Waals surface area contributed by atoms with E-state index in [9.17, 15) is 0 Å². The van der Waals surface area contributed by atoms with Crippen molar-refractivity contribution in [2.75, 3.05) is 5.32 Å². The van der Waals surface area contributed by atoms with Gasteiger partial charge in [-0.15, -0.1) is 0 Å². The number of nitrogens with one attached hydrogen (secondary N) is 1. The van der Waals surface area contributed by atoms with Crippen molar-refractivity contribution in [3.63, 3.8) is 0 Å². The third-order valence-corrected chi connectivity index (χ3v) is 3.87. The summed E-state index contributed by atoms with van der Waals surface area (Å²) in [7, 11) is 0. The van der Waals surface area contributed by atoms with Gasteiger partial charge in [0.25, 0.3) is 0 Å². The molecule has 4 heteroatoms. The molecule has 2 aromatic carbocycles. The first-order valence-corrected chi connectivity index (χ1v) is 7.37. The molecule has 1 nitrogen and oxygen atoms in total. The van der Waals surface area contributed by atoms with Crippen molar-refractivity contribution in [1.29, 1.82) is 0 Å². The van der Waals surface area contributed by atoms with Crippen LogP contribution < -0.4 is 5.32 Å². The van der Waals surface area contributed by atoms with Gasteiger partial charge in [0.15, 0.2) is 0 Å². The Labute approximate surface area is 131 Å². The molecule has 0 radical (unpaired) electrons. The van der Waals surface area contributed by atoms with Crippen molar-refractivity contribution in [2.24, 2.45) is 0 Å². The first kappa shape index (κ1) is 14.0. The lowest BCUT2D eigenvalue weighted by Crippen LogP contribution is -2.06. The van der Waals surface area contributed by atoms with E-state index in [2.05, 4.69) is 34.8 Å². The summed E-state index contributed by atoms with van der Waals surface area (Å²) in [5, 5.41) is 4.86. The standard InChI is InChI=1S/C14H12Cl2IN/c1-9(10-3-2-4-11(15)7-10)18-14-6-5-12(17)8-13(14)16/h2-9,18H,1H3. The summed E-state index contributed by atoms with van der Waals surface area (Å²) in [5.41, 5.74) is 2.07. The molecule has 0 aliphatic heterocycles. The summed E-state index contributed by atoms with van der Waals surface area (Å²) in [6, 6.07) is 13.9. The highest BCUT2D eigenvalue weighted by molar-refractivity contribution is 14.1. The molecule has 0 amide bonds. The molecule has 1 unspecified atom stereocenters.